The number of nitrogens with zero attached hydrogens (tertiary/aromatic N) is 3. The van der Waals surface area contributed by atoms with Crippen molar-refractivity contribution in [3.8, 4) is 0 Å². The average molecular weight is 236 g/mol. The normalized spacial score (nSPS) is 25.9. The van der Waals surface area contributed by atoms with Crippen LogP contribution in [0.3, 0.4) is 0 Å². The second-order valence-corrected chi connectivity index (χ2v) is 5.35. The maximum absolute atomic E-state index is 4.08. The van der Waals surface area contributed by atoms with Gasteiger partial charge < -0.3 is 9.88 Å². The van der Waals surface area contributed by atoms with Gasteiger partial charge in [0.25, 0.3) is 0 Å². The monoisotopic (exact) mass is 236 g/mol. The number of aromatic amines is 1. The molecule has 2 atom stereocenters. The third-order valence-electron chi connectivity index (χ3n) is 3.75. The molecule has 2 heterocycles. The molecule has 0 radical (unpaired) electrons. The summed E-state index contributed by atoms with van der Waals surface area (Å²) in [5.74, 6) is 0.818. The van der Waals surface area contributed by atoms with E-state index in [1.54, 1.807) is 6.33 Å². The first-order valence-electron chi connectivity index (χ1n) is 6.56. The molecule has 4 heteroatoms. The Labute approximate surface area is 104 Å². The van der Waals surface area contributed by atoms with Crippen LogP contribution in [0.5, 0.6) is 0 Å². The largest absolute Gasteiger partial charge is 0.347 e. The fourth-order valence-electron chi connectivity index (χ4n) is 2.92. The maximum Gasteiger partial charge on any atom is 0.0922 e. The van der Waals surface area contributed by atoms with Gasteiger partial charge in [-0.25, -0.2) is 4.98 Å². The van der Waals surface area contributed by atoms with Gasteiger partial charge in [-0.3, -0.25) is 4.90 Å². The molecule has 1 aromatic heterocycles. The van der Waals surface area contributed by atoms with Gasteiger partial charge in [0, 0.05) is 37.6 Å². The van der Waals surface area contributed by atoms with Gasteiger partial charge in [0.05, 0.1) is 6.33 Å². The van der Waals surface area contributed by atoms with Crippen molar-refractivity contribution in [2.24, 2.45) is 5.92 Å². The molecule has 4 nitrogen and oxygen atoms in total. The first kappa shape index (κ1) is 12.6. The summed E-state index contributed by atoms with van der Waals surface area (Å²) >= 11 is 0. The number of imidazole rings is 1. The molecule has 0 unspecified atom stereocenters. The quantitative estimate of drug-likeness (QED) is 0.843. The minimum atomic E-state index is 0.706. The van der Waals surface area contributed by atoms with Gasteiger partial charge in [0.1, 0.15) is 0 Å². The van der Waals surface area contributed by atoms with Gasteiger partial charge in [-0.1, -0.05) is 13.3 Å². The molecular formula is C13H24N4. The summed E-state index contributed by atoms with van der Waals surface area (Å²) in [7, 11) is 4.40. The molecule has 0 saturated carbocycles. The van der Waals surface area contributed by atoms with Crippen LogP contribution in [0.1, 0.15) is 25.5 Å². The van der Waals surface area contributed by atoms with Crippen molar-refractivity contribution in [1.82, 2.24) is 19.8 Å². The molecule has 1 fully saturated rings. The first-order valence-corrected chi connectivity index (χ1v) is 6.56. The fraction of sp³-hybridized carbons (Fsp3) is 0.769. The van der Waals surface area contributed by atoms with E-state index in [1.165, 1.54) is 31.6 Å². The number of likely N-dealkylation sites (tertiary alicyclic amines) is 1. The maximum atomic E-state index is 4.08. The van der Waals surface area contributed by atoms with Crippen molar-refractivity contribution in [1.29, 1.82) is 0 Å². The summed E-state index contributed by atoms with van der Waals surface area (Å²) in [4.78, 5) is 12.2. The molecule has 1 aliphatic rings. The van der Waals surface area contributed by atoms with Crippen molar-refractivity contribution in [3.63, 3.8) is 0 Å². The lowest BCUT2D eigenvalue weighted by Gasteiger charge is -2.24. The Morgan fingerprint density at radius 3 is 2.88 bits per heavy atom. The van der Waals surface area contributed by atoms with Crippen molar-refractivity contribution in [3.05, 3.63) is 18.2 Å². The summed E-state index contributed by atoms with van der Waals surface area (Å²) in [6, 6.07) is 0.706. The Balaban J connectivity index is 1.94. The predicted octanol–water partition coefficient (Wildman–Crippen LogP) is 1.57. The van der Waals surface area contributed by atoms with Crippen LogP contribution in [0.4, 0.5) is 0 Å². The molecule has 0 aliphatic carbocycles. The standard InChI is InChI=1S/C13H24N4/c1-4-5-11-7-17(9-13(11)16(2)3)8-12-6-14-10-15-12/h6,10-11,13H,4-5,7-9H2,1-3H3,(H,14,15)/t11-,13-/m0/s1. The molecular weight excluding hydrogens is 212 g/mol. The van der Waals surface area contributed by atoms with Crippen LogP contribution in [0.25, 0.3) is 0 Å². The number of aromatic nitrogens is 2. The van der Waals surface area contributed by atoms with Crippen LogP contribution in [0, 0.1) is 5.92 Å². The van der Waals surface area contributed by atoms with Crippen molar-refractivity contribution >= 4 is 0 Å². The molecule has 1 aliphatic heterocycles. The van der Waals surface area contributed by atoms with E-state index in [-0.39, 0.29) is 0 Å². The van der Waals surface area contributed by atoms with Gasteiger partial charge in [-0.05, 0) is 26.4 Å². The molecule has 1 aromatic rings. The Kier molecular flexibility index (Phi) is 4.18. The lowest BCUT2D eigenvalue weighted by atomic mass is 9.98. The Bertz CT molecular complexity index is 320. The lowest BCUT2D eigenvalue weighted by Crippen LogP contribution is -2.35. The fourth-order valence-corrected chi connectivity index (χ4v) is 2.92. The molecule has 0 amide bonds. The minimum Gasteiger partial charge on any atom is -0.347 e. The van der Waals surface area contributed by atoms with E-state index in [1.807, 2.05) is 6.20 Å². The van der Waals surface area contributed by atoms with E-state index < -0.39 is 0 Å². The van der Waals surface area contributed by atoms with Crippen LogP contribution in [-0.4, -0.2) is 53.0 Å². The molecule has 17 heavy (non-hydrogen) atoms. The third kappa shape index (κ3) is 3.07. The van der Waals surface area contributed by atoms with E-state index in [0.29, 0.717) is 6.04 Å². The van der Waals surface area contributed by atoms with E-state index in [4.69, 9.17) is 0 Å². The first-order chi connectivity index (χ1) is 8.20. The SMILES string of the molecule is CCC[C@H]1CN(Cc2cnc[nH]2)C[C@@H]1N(C)C. The van der Waals surface area contributed by atoms with E-state index in [9.17, 15) is 0 Å². The molecule has 0 spiro atoms. The average Bonchev–Trinajstić information content (AvgIpc) is 2.89. The van der Waals surface area contributed by atoms with Crippen LogP contribution in [-0.2, 0) is 6.54 Å². The topological polar surface area (TPSA) is 35.2 Å². The van der Waals surface area contributed by atoms with Crippen LogP contribution in [0.15, 0.2) is 12.5 Å². The number of nitrogens with one attached hydrogen (secondary N) is 1. The van der Waals surface area contributed by atoms with Crippen molar-refractivity contribution in [2.45, 2.75) is 32.4 Å². The number of H-pyrrole nitrogens is 1. The van der Waals surface area contributed by atoms with Crippen LogP contribution >= 0.6 is 0 Å². The lowest BCUT2D eigenvalue weighted by molar-refractivity contribution is 0.238. The zero-order valence-corrected chi connectivity index (χ0v) is 11.2. The summed E-state index contributed by atoms with van der Waals surface area (Å²) in [5, 5.41) is 0. The Morgan fingerprint density at radius 1 is 1.47 bits per heavy atom. The van der Waals surface area contributed by atoms with E-state index >= 15 is 0 Å². The summed E-state index contributed by atoms with van der Waals surface area (Å²) < 4.78 is 0. The van der Waals surface area contributed by atoms with Crippen LogP contribution < -0.4 is 0 Å². The minimum absolute atomic E-state index is 0.706. The highest BCUT2D eigenvalue weighted by molar-refractivity contribution is 4.97. The summed E-state index contributed by atoms with van der Waals surface area (Å²) in [6.45, 7) is 5.68. The predicted molar refractivity (Wildman–Crippen MR) is 69.7 cm³/mol. The number of rotatable bonds is 5. The van der Waals surface area contributed by atoms with Gasteiger partial charge in [-0.15, -0.1) is 0 Å². The van der Waals surface area contributed by atoms with Gasteiger partial charge in [-0.2, -0.15) is 0 Å². The van der Waals surface area contributed by atoms with Gasteiger partial charge >= 0.3 is 0 Å². The molecule has 2 rings (SSSR count). The second kappa shape index (κ2) is 5.65. The summed E-state index contributed by atoms with van der Waals surface area (Å²) in [5.41, 5.74) is 1.22. The van der Waals surface area contributed by atoms with E-state index in [2.05, 4.69) is 40.8 Å². The zero-order chi connectivity index (χ0) is 12.3. The van der Waals surface area contributed by atoms with Crippen molar-refractivity contribution < 1.29 is 0 Å². The molecule has 0 bridgehead atoms. The smallest absolute Gasteiger partial charge is 0.0922 e. The second-order valence-electron chi connectivity index (χ2n) is 5.35. The molecule has 96 valence electrons. The third-order valence-corrected chi connectivity index (χ3v) is 3.75. The highest BCUT2D eigenvalue weighted by Crippen LogP contribution is 2.25. The number of hydrogen-bond donors (Lipinski definition) is 1. The molecule has 1 N–H and O–H groups in total. The number of hydrogen-bond acceptors (Lipinski definition) is 3. The van der Waals surface area contributed by atoms with Gasteiger partial charge in [0.15, 0.2) is 0 Å². The summed E-state index contributed by atoms with van der Waals surface area (Å²) in [6.07, 6.45) is 6.31. The number of likely N-dealkylation sites (N-methyl/N-ethyl adjacent to an activating group) is 1. The van der Waals surface area contributed by atoms with Crippen LogP contribution in [0.2, 0.25) is 0 Å². The molecule has 1 saturated heterocycles. The zero-order valence-electron chi connectivity index (χ0n) is 11.2. The van der Waals surface area contributed by atoms with Gasteiger partial charge in [0.2, 0.25) is 0 Å². The molecule has 0 aromatic carbocycles. The highest BCUT2D eigenvalue weighted by Gasteiger charge is 2.33. The highest BCUT2D eigenvalue weighted by atomic mass is 15.2. The Morgan fingerprint density at radius 2 is 2.29 bits per heavy atom. The Hall–Kier alpha value is -0.870. The van der Waals surface area contributed by atoms with E-state index in [0.717, 1.165) is 12.5 Å². The van der Waals surface area contributed by atoms with Crippen molar-refractivity contribution in [2.75, 3.05) is 27.2 Å².